The fourth-order valence-electron chi connectivity index (χ4n) is 7.89. The van der Waals surface area contributed by atoms with E-state index >= 15 is 0 Å². The molecular weight excluding hydrogens is 876 g/mol. The van der Waals surface area contributed by atoms with Crippen molar-refractivity contribution < 1.29 is 32.9 Å². The minimum atomic E-state index is -4.36. The number of allylic oxidation sites excluding steroid dienone is 13. The Balaban J connectivity index is 4.15. The van der Waals surface area contributed by atoms with Crippen molar-refractivity contribution in [1.82, 2.24) is 5.32 Å². The van der Waals surface area contributed by atoms with Crippen LogP contribution in [0.2, 0.25) is 0 Å². The summed E-state index contributed by atoms with van der Waals surface area (Å²) in [5.41, 5.74) is 0. The van der Waals surface area contributed by atoms with E-state index in [-0.39, 0.29) is 19.1 Å². The highest BCUT2D eigenvalue weighted by Gasteiger charge is 2.27. The van der Waals surface area contributed by atoms with Crippen molar-refractivity contribution in [1.29, 1.82) is 0 Å². The van der Waals surface area contributed by atoms with Crippen LogP contribution in [-0.4, -0.2) is 73.4 Å². The first-order chi connectivity index (χ1) is 33.5. The van der Waals surface area contributed by atoms with Crippen LogP contribution in [0.5, 0.6) is 0 Å². The van der Waals surface area contributed by atoms with E-state index in [4.69, 9.17) is 9.05 Å². The number of carbonyl (C=O) groups excluding carboxylic acids is 1. The zero-order chi connectivity index (χ0) is 50.6. The summed E-state index contributed by atoms with van der Waals surface area (Å²) in [6, 6.07) is -0.872. The lowest BCUT2D eigenvalue weighted by molar-refractivity contribution is -0.870. The summed E-state index contributed by atoms with van der Waals surface area (Å²) >= 11 is 0. The third kappa shape index (κ3) is 53.3. The Bertz CT molecular complexity index is 1400. The van der Waals surface area contributed by atoms with Crippen LogP contribution in [0.3, 0.4) is 0 Å². The second-order valence-corrected chi connectivity index (χ2v) is 21.7. The molecule has 400 valence electrons. The standard InChI is InChI=1S/C60H109N2O6P/c1-6-8-10-12-14-16-18-20-22-24-25-26-27-28-29-30-31-32-33-34-35-36-37-38-40-42-44-46-48-50-52-54-60(64)61-58(57-68-69(65,66)67-56-55-62(3,4)5)59(63)53-51-49-47-45-43-41-39-23-21-19-17-15-13-11-9-7-2/h8,10,14,16,20-23,25-26,43,45,51,53,58-59,63H,6-7,9,11-13,15,17-19,24,27-42,44,46-50,52,54-57H2,1-5H3,(H-,61,64,65,66)/p+1/b10-8-,16-14-,22-20-,23-21+,26-25-,45-43+,53-51+. The molecule has 3 atom stereocenters. The zero-order valence-corrected chi connectivity index (χ0v) is 46.4. The van der Waals surface area contributed by atoms with Crippen LogP contribution in [0.15, 0.2) is 85.1 Å². The Kier molecular flexibility index (Phi) is 48.9. The van der Waals surface area contributed by atoms with E-state index in [1.807, 2.05) is 27.2 Å². The molecule has 0 radical (unpaired) electrons. The number of hydrogen-bond acceptors (Lipinski definition) is 5. The molecule has 0 spiro atoms. The van der Waals surface area contributed by atoms with Gasteiger partial charge in [-0.05, 0) is 83.5 Å². The maximum absolute atomic E-state index is 13.0. The Labute approximate surface area is 426 Å². The smallest absolute Gasteiger partial charge is 0.387 e. The first kappa shape index (κ1) is 66.7. The number of amides is 1. The van der Waals surface area contributed by atoms with Crippen LogP contribution in [0.4, 0.5) is 0 Å². The second kappa shape index (κ2) is 50.6. The highest BCUT2D eigenvalue weighted by molar-refractivity contribution is 7.47. The van der Waals surface area contributed by atoms with E-state index in [2.05, 4.69) is 92.1 Å². The third-order valence-electron chi connectivity index (χ3n) is 12.3. The number of nitrogens with one attached hydrogen (secondary N) is 1. The van der Waals surface area contributed by atoms with Crippen molar-refractivity contribution in [3.63, 3.8) is 0 Å². The van der Waals surface area contributed by atoms with Crippen LogP contribution in [0, 0.1) is 0 Å². The molecule has 0 aliphatic heterocycles. The van der Waals surface area contributed by atoms with Gasteiger partial charge in [-0.3, -0.25) is 13.8 Å². The van der Waals surface area contributed by atoms with Gasteiger partial charge in [0.15, 0.2) is 0 Å². The number of unbranched alkanes of at least 4 members (excludes halogenated alkanes) is 26. The molecule has 0 heterocycles. The number of hydrogen-bond donors (Lipinski definition) is 3. The molecule has 0 aliphatic rings. The van der Waals surface area contributed by atoms with Gasteiger partial charge >= 0.3 is 7.82 Å². The van der Waals surface area contributed by atoms with Crippen LogP contribution in [-0.2, 0) is 18.4 Å². The minimum Gasteiger partial charge on any atom is -0.387 e. The molecule has 1 amide bonds. The average molecular weight is 987 g/mol. The maximum atomic E-state index is 13.0. The molecule has 0 rings (SSSR count). The van der Waals surface area contributed by atoms with Crippen molar-refractivity contribution >= 4 is 13.7 Å². The van der Waals surface area contributed by atoms with Gasteiger partial charge in [-0.1, -0.05) is 234 Å². The molecule has 0 saturated heterocycles. The van der Waals surface area contributed by atoms with Crippen molar-refractivity contribution in [2.45, 2.75) is 251 Å². The fraction of sp³-hybridized carbons (Fsp3) is 0.750. The fourth-order valence-corrected chi connectivity index (χ4v) is 8.62. The third-order valence-corrected chi connectivity index (χ3v) is 13.3. The first-order valence-corrected chi connectivity index (χ1v) is 30.0. The number of phosphoric acid groups is 1. The van der Waals surface area contributed by atoms with Gasteiger partial charge in [0, 0.05) is 6.42 Å². The van der Waals surface area contributed by atoms with E-state index in [0.717, 1.165) is 70.6 Å². The Hall–Kier alpha value is -2.32. The molecular formula is C60H110N2O6P+. The molecule has 0 aromatic carbocycles. The van der Waals surface area contributed by atoms with Crippen molar-refractivity contribution in [3.05, 3.63) is 85.1 Å². The Morgan fingerprint density at radius 3 is 1.33 bits per heavy atom. The molecule has 3 unspecified atom stereocenters. The number of rotatable bonds is 51. The molecule has 3 N–H and O–H groups in total. The average Bonchev–Trinajstić information content (AvgIpc) is 3.31. The van der Waals surface area contributed by atoms with E-state index < -0.39 is 20.0 Å². The van der Waals surface area contributed by atoms with E-state index in [1.165, 1.54) is 148 Å². The summed E-state index contributed by atoms with van der Waals surface area (Å²) in [6.07, 6.45) is 71.2. The second-order valence-electron chi connectivity index (χ2n) is 20.3. The summed E-state index contributed by atoms with van der Waals surface area (Å²) in [7, 11) is 1.54. The molecule has 8 nitrogen and oxygen atoms in total. The number of phosphoric ester groups is 1. The van der Waals surface area contributed by atoms with Gasteiger partial charge in [0.2, 0.25) is 5.91 Å². The van der Waals surface area contributed by atoms with Crippen molar-refractivity contribution in [3.8, 4) is 0 Å². The van der Waals surface area contributed by atoms with E-state index in [0.29, 0.717) is 17.4 Å². The molecule has 0 fully saturated rings. The zero-order valence-electron chi connectivity index (χ0n) is 45.5. The molecule has 0 aromatic heterocycles. The first-order valence-electron chi connectivity index (χ1n) is 28.5. The van der Waals surface area contributed by atoms with Crippen LogP contribution in [0.1, 0.15) is 239 Å². The number of aliphatic hydroxyl groups is 1. The van der Waals surface area contributed by atoms with E-state index in [1.54, 1.807) is 6.08 Å². The SMILES string of the molecule is CC/C=C\C/C=C\C/C=C\C/C=C\CCCCCCCCCCCCCCCCCCCCC(=O)NC(COP(=O)(O)OCC[N+](C)(C)C)C(O)/C=C/CC/C=C/CC/C=C/CCCCCCCC. The molecule has 0 bridgehead atoms. The monoisotopic (exact) mass is 986 g/mol. The van der Waals surface area contributed by atoms with Gasteiger partial charge in [0.1, 0.15) is 13.2 Å². The summed E-state index contributed by atoms with van der Waals surface area (Å²) in [6.45, 7) is 4.67. The van der Waals surface area contributed by atoms with Crippen molar-refractivity contribution in [2.24, 2.45) is 0 Å². The Morgan fingerprint density at radius 2 is 0.884 bits per heavy atom. The molecule has 9 heteroatoms. The number of nitrogens with zero attached hydrogens (tertiary/aromatic N) is 1. The summed E-state index contributed by atoms with van der Waals surface area (Å²) in [4.78, 5) is 23.3. The number of likely N-dealkylation sites (N-methyl/N-ethyl adjacent to an activating group) is 1. The topological polar surface area (TPSA) is 105 Å². The molecule has 0 aromatic rings. The molecule has 0 aliphatic carbocycles. The minimum absolute atomic E-state index is 0.0515. The lowest BCUT2D eigenvalue weighted by Gasteiger charge is -2.25. The van der Waals surface area contributed by atoms with Crippen LogP contribution < -0.4 is 5.32 Å². The summed E-state index contributed by atoms with van der Waals surface area (Å²) in [5, 5.41) is 13.9. The van der Waals surface area contributed by atoms with Gasteiger partial charge in [-0.2, -0.15) is 0 Å². The predicted octanol–water partition coefficient (Wildman–Crippen LogP) is 17.3. The summed E-state index contributed by atoms with van der Waals surface area (Å²) < 4.78 is 23.7. The number of carbonyl (C=O) groups is 1. The van der Waals surface area contributed by atoms with Crippen LogP contribution >= 0.6 is 7.82 Å². The lowest BCUT2D eigenvalue weighted by atomic mass is 10.0. The van der Waals surface area contributed by atoms with Gasteiger partial charge in [-0.15, -0.1) is 0 Å². The normalized spacial score (nSPS) is 14.6. The van der Waals surface area contributed by atoms with Crippen LogP contribution in [0.25, 0.3) is 0 Å². The Morgan fingerprint density at radius 1 is 0.507 bits per heavy atom. The van der Waals surface area contributed by atoms with Gasteiger partial charge < -0.3 is 19.8 Å². The quantitative estimate of drug-likeness (QED) is 0.0243. The number of aliphatic hydroxyl groups excluding tert-OH is 1. The maximum Gasteiger partial charge on any atom is 0.472 e. The lowest BCUT2D eigenvalue weighted by Crippen LogP contribution is -2.45. The van der Waals surface area contributed by atoms with Gasteiger partial charge in [-0.25, -0.2) is 4.57 Å². The van der Waals surface area contributed by atoms with Gasteiger partial charge in [0.05, 0.1) is 39.9 Å². The molecule has 69 heavy (non-hydrogen) atoms. The van der Waals surface area contributed by atoms with Gasteiger partial charge in [0.25, 0.3) is 0 Å². The van der Waals surface area contributed by atoms with E-state index in [9.17, 15) is 19.4 Å². The highest BCUT2D eigenvalue weighted by atomic mass is 31.2. The largest absolute Gasteiger partial charge is 0.472 e. The summed E-state index contributed by atoms with van der Waals surface area (Å²) in [5.74, 6) is -0.192. The number of quaternary nitrogens is 1. The highest BCUT2D eigenvalue weighted by Crippen LogP contribution is 2.43. The van der Waals surface area contributed by atoms with Crippen molar-refractivity contribution in [2.75, 3.05) is 40.9 Å². The predicted molar refractivity (Wildman–Crippen MR) is 299 cm³/mol. The molecule has 0 saturated carbocycles.